The third kappa shape index (κ3) is 5.47. The van der Waals surface area contributed by atoms with E-state index in [0.29, 0.717) is 32.2 Å². The van der Waals surface area contributed by atoms with Crippen molar-refractivity contribution in [2.45, 2.75) is 26.9 Å². The quantitative estimate of drug-likeness (QED) is 0.442. The monoisotopic (exact) mass is 360 g/mol. The van der Waals surface area contributed by atoms with Gasteiger partial charge < -0.3 is 26.0 Å². The SMILES string of the molecule is C=C(C(=O)N1Cc2ccc(OCCN)cc2C1)/C(O)=C\C=C\C(C)C.O. The van der Waals surface area contributed by atoms with E-state index in [4.69, 9.17) is 10.5 Å². The summed E-state index contributed by atoms with van der Waals surface area (Å²) in [6, 6.07) is 5.77. The standard InChI is InChI=1S/C20H26N2O3.H2O/c1-14(2)5-4-6-19(23)15(3)20(24)22-12-16-7-8-18(25-10-9-21)11-17(16)13-22;/h4-8,11,14,23H,3,9-10,12-13,21H2,1-2H3;1H2/b5-4+,19-6+;. The molecule has 0 radical (unpaired) electrons. The lowest BCUT2D eigenvalue weighted by molar-refractivity contribution is -0.127. The van der Waals surface area contributed by atoms with E-state index >= 15 is 0 Å². The number of nitrogens with zero attached hydrogens (tertiary/aromatic N) is 1. The van der Waals surface area contributed by atoms with Crippen LogP contribution in [-0.2, 0) is 17.9 Å². The number of hydrogen-bond acceptors (Lipinski definition) is 4. The molecule has 1 aliphatic heterocycles. The fraction of sp³-hybridized carbons (Fsp3) is 0.350. The number of fused-ring (bicyclic) bond motifs is 1. The van der Waals surface area contributed by atoms with Crippen LogP contribution in [0.15, 0.2) is 54.3 Å². The highest BCUT2D eigenvalue weighted by molar-refractivity contribution is 5.96. The van der Waals surface area contributed by atoms with Gasteiger partial charge in [-0.25, -0.2) is 0 Å². The zero-order chi connectivity index (χ0) is 18.4. The minimum atomic E-state index is -0.271. The summed E-state index contributed by atoms with van der Waals surface area (Å²) in [4.78, 5) is 14.2. The first kappa shape index (κ1) is 21.5. The molecule has 6 nitrogen and oxygen atoms in total. The van der Waals surface area contributed by atoms with E-state index in [9.17, 15) is 9.90 Å². The topological polar surface area (TPSA) is 107 Å². The molecule has 0 fully saturated rings. The second kappa shape index (κ2) is 9.79. The summed E-state index contributed by atoms with van der Waals surface area (Å²) < 4.78 is 5.52. The first-order valence-electron chi connectivity index (χ1n) is 8.43. The van der Waals surface area contributed by atoms with Crippen LogP contribution in [0.5, 0.6) is 5.75 Å². The third-order valence-electron chi connectivity index (χ3n) is 3.89. The van der Waals surface area contributed by atoms with Gasteiger partial charge in [0.25, 0.3) is 5.91 Å². The van der Waals surface area contributed by atoms with Crippen LogP contribution in [-0.4, -0.2) is 34.5 Å². The first-order chi connectivity index (χ1) is 11.9. The number of hydrogen-bond donors (Lipinski definition) is 2. The van der Waals surface area contributed by atoms with Crippen molar-refractivity contribution < 1.29 is 20.1 Å². The van der Waals surface area contributed by atoms with E-state index in [-0.39, 0.29) is 22.7 Å². The average molecular weight is 360 g/mol. The smallest absolute Gasteiger partial charge is 0.257 e. The molecule has 0 spiro atoms. The van der Waals surface area contributed by atoms with Crippen LogP contribution in [0.2, 0.25) is 0 Å². The minimum absolute atomic E-state index is 0. The summed E-state index contributed by atoms with van der Waals surface area (Å²) in [5, 5.41) is 10.1. The molecule has 1 aromatic rings. The van der Waals surface area contributed by atoms with E-state index in [0.717, 1.165) is 16.9 Å². The van der Waals surface area contributed by atoms with Crippen molar-refractivity contribution in [2.75, 3.05) is 13.2 Å². The molecule has 1 amide bonds. The molecule has 1 heterocycles. The Morgan fingerprint density at radius 1 is 1.38 bits per heavy atom. The number of benzene rings is 1. The number of carbonyl (C=O) groups is 1. The van der Waals surface area contributed by atoms with Gasteiger partial charge in [0, 0.05) is 19.6 Å². The molecule has 0 bridgehead atoms. The first-order valence-corrected chi connectivity index (χ1v) is 8.43. The molecule has 0 saturated heterocycles. The fourth-order valence-electron chi connectivity index (χ4n) is 2.55. The Morgan fingerprint density at radius 3 is 2.73 bits per heavy atom. The van der Waals surface area contributed by atoms with Crippen molar-refractivity contribution in [1.82, 2.24) is 4.90 Å². The van der Waals surface area contributed by atoms with Crippen LogP contribution >= 0.6 is 0 Å². The Balaban J connectivity index is 0.00000338. The Morgan fingerprint density at radius 2 is 2.08 bits per heavy atom. The Hall–Kier alpha value is -2.57. The number of amides is 1. The molecule has 6 heteroatoms. The van der Waals surface area contributed by atoms with E-state index in [1.807, 2.05) is 38.1 Å². The normalized spacial score (nSPS) is 13.7. The van der Waals surface area contributed by atoms with Crippen molar-refractivity contribution in [1.29, 1.82) is 0 Å². The second-order valence-corrected chi connectivity index (χ2v) is 6.39. The summed E-state index contributed by atoms with van der Waals surface area (Å²) in [5.41, 5.74) is 7.65. The van der Waals surface area contributed by atoms with Crippen LogP contribution in [0.25, 0.3) is 0 Å². The molecular weight excluding hydrogens is 332 g/mol. The van der Waals surface area contributed by atoms with Crippen LogP contribution in [0.4, 0.5) is 0 Å². The Bertz CT molecular complexity index is 708. The molecule has 0 aromatic heterocycles. The van der Waals surface area contributed by atoms with Crippen molar-refractivity contribution in [3.63, 3.8) is 0 Å². The van der Waals surface area contributed by atoms with Crippen LogP contribution in [0.1, 0.15) is 25.0 Å². The summed E-state index contributed by atoms with van der Waals surface area (Å²) in [5.74, 6) is 0.743. The zero-order valence-electron chi connectivity index (χ0n) is 15.4. The van der Waals surface area contributed by atoms with E-state index < -0.39 is 0 Å². The van der Waals surface area contributed by atoms with Crippen LogP contribution in [0, 0.1) is 5.92 Å². The lowest BCUT2D eigenvalue weighted by atomic mass is 10.1. The second-order valence-electron chi connectivity index (χ2n) is 6.39. The Kier molecular flexibility index (Phi) is 8.09. The lowest BCUT2D eigenvalue weighted by Gasteiger charge is -2.16. The molecule has 0 unspecified atom stereocenters. The third-order valence-corrected chi connectivity index (χ3v) is 3.89. The predicted molar refractivity (Wildman–Crippen MR) is 103 cm³/mol. The number of ether oxygens (including phenoxy) is 1. The molecule has 2 rings (SSSR count). The number of carbonyl (C=O) groups excluding carboxylic acids is 1. The van der Waals surface area contributed by atoms with Gasteiger partial charge in [-0.05, 0) is 35.3 Å². The van der Waals surface area contributed by atoms with E-state index in [1.165, 1.54) is 6.08 Å². The van der Waals surface area contributed by atoms with Crippen molar-refractivity contribution >= 4 is 5.91 Å². The number of allylic oxidation sites excluding steroid dienone is 3. The van der Waals surface area contributed by atoms with Gasteiger partial charge in [-0.1, -0.05) is 38.6 Å². The van der Waals surface area contributed by atoms with Crippen molar-refractivity contribution in [2.24, 2.45) is 11.7 Å². The molecule has 1 aromatic carbocycles. The minimum Gasteiger partial charge on any atom is -0.507 e. The maximum Gasteiger partial charge on any atom is 0.257 e. The van der Waals surface area contributed by atoms with Gasteiger partial charge in [-0.15, -0.1) is 0 Å². The zero-order valence-corrected chi connectivity index (χ0v) is 15.4. The number of aliphatic hydroxyl groups is 1. The van der Waals surface area contributed by atoms with Crippen LogP contribution < -0.4 is 10.5 Å². The molecule has 26 heavy (non-hydrogen) atoms. The number of aliphatic hydroxyl groups excluding tert-OH is 1. The largest absolute Gasteiger partial charge is 0.507 e. The molecule has 1 aliphatic rings. The maximum atomic E-state index is 12.6. The van der Waals surface area contributed by atoms with E-state index in [2.05, 4.69) is 6.58 Å². The van der Waals surface area contributed by atoms with Gasteiger partial charge in [-0.2, -0.15) is 0 Å². The highest BCUT2D eigenvalue weighted by Crippen LogP contribution is 2.28. The lowest BCUT2D eigenvalue weighted by Crippen LogP contribution is -2.27. The summed E-state index contributed by atoms with van der Waals surface area (Å²) in [6.07, 6.45) is 5.17. The van der Waals surface area contributed by atoms with Crippen molar-refractivity contribution in [3.8, 4) is 5.75 Å². The fourth-order valence-corrected chi connectivity index (χ4v) is 2.55. The van der Waals surface area contributed by atoms with Gasteiger partial charge in [0.1, 0.15) is 18.1 Å². The maximum absolute atomic E-state index is 12.6. The van der Waals surface area contributed by atoms with Gasteiger partial charge >= 0.3 is 0 Å². The summed E-state index contributed by atoms with van der Waals surface area (Å²) in [6.45, 7) is 9.70. The number of rotatable bonds is 7. The summed E-state index contributed by atoms with van der Waals surface area (Å²) in [7, 11) is 0. The average Bonchev–Trinajstić information content (AvgIpc) is 3.01. The molecular formula is C20H28N2O4. The van der Waals surface area contributed by atoms with E-state index in [1.54, 1.807) is 11.0 Å². The highest BCUT2D eigenvalue weighted by Gasteiger charge is 2.26. The van der Waals surface area contributed by atoms with Crippen LogP contribution in [0.3, 0.4) is 0 Å². The predicted octanol–water partition coefficient (Wildman–Crippen LogP) is 2.25. The molecule has 0 atom stereocenters. The van der Waals surface area contributed by atoms with Gasteiger partial charge in [0.15, 0.2) is 0 Å². The highest BCUT2D eigenvalue weighted by atomic mass is 16.5. The summed E-state index contributed by atoms with van der Waals surface area (Å²) >= 11 is 0. The molecule has 0 saturated carbocycles. The molecule has 142 valence electrons. The van der Waals surface area contributed by atoms with Gasteiger partial charge in [0.2, 0.25) is 0 Å². The van der Waals surface area contributed by atoms with Gasteiger partial charge in [0.05, 0.1) is 5.57 Å². The number of nitrogens with two attached hydrogens (primary N) is 1. The van der Waals surface area contributed by atoms with Crippen molar-refractivity contribution in [3.05, 3.63) is 65.5 Å². The Labute approximate surface area is 154 Å². The molecule has 5 N–H and O–H groups in total. The molecule has 0 aliphatic carbocycles. The van der Waals surface area contributed by atoms with Gasteiger partial charge in [-0.3, -0.25) is 4.79 Å².